The summed E-state index contributed by atoms with van der Waals surface area (Å²) in [4.78, 5) is 24.6. The number of nitrogens with one attached hydrogen (secondary N) is 3. The second kappa shape index (κ2) is 9.70. The van der Waals surface area contributed by atoms with Crippen LogP contribution in [0.3, 0.4) is 0 Å². The summed E-state index contributed by atoms with van der Waals surface area (Å²) >= 11 is 5.31. The monoisotopic (exact) mass is 437 g/mol. The van der Waals surface area contributed by atoms with Gasteiger partial charge in [0, 0.05) is 24.2 Å². The second-order valence-electron chi connectivity index (χ2n) is 7.72. The van der Waals surface area contributed by atoms with Gasteiger partial charge in [0.2, 0.25) is 11.8 Å². The lowest BCUT2D eigenvalue weighted by atomic mass is 10.1. The number of amides is 2. The topological polar surface area (TPSA) is 91.8 Å². The zero-order valence-electron chi connectivity index (χ0n) is 18.2. The predicted molar refractivity (Wildman–Crippen MR) is 124 cm³/mol. The van der Waals surface area contributed by atoms with Crippen LogP contribution in [0.5, 0.6) is 0 Å². The molecule has 0 aliphatic carbocycles. The number of aryl methyl sites for hydroxylation is 4. The van der Waals surface area contributed by atoms with Crippen molar-refractivity contribution in [3.8, 4) is 11.4 Å². The molecule has 0 bridgehead atoms. The third kappa shape index (κ3) is 5.67. The first-order valence-electron chi connectivity index (χ1n) is 10.1. The number of aromatic nitrogens is 3. The number of H-pyrrole nitrogens is 1. The van der Waals surface area contributed by atoms with Crippen LogP contribution >= 0.6 is 12.2 Å². The molecule has 0 atom stereocenters. The number of hydrogen-bond acceptors (Lipinski definition) is 4. The van der Waals surface area contributed by atoms with Crippen molar-refractivity contribution in [2.45, 2.75) is 40.7 Å². The Morgan fingerprint density at radius 2 is 1.65 bits per heavy atom. The van der Waals surface area contributed by atoms with E-state index in [1.807, 2.05) is 64.1 Å². The average Bonchev–Trinajstić information content (AvgIpc) is 3.08. The number of nitrogens with zero attached hydrogens (tertiary/aromatic N) is 2. The van der Waals surface area contributed by atoms with E-state index in [1.165, 1.54) is 0 Å². The van der Waals surface area contributed by atoms with E-state index in [0.29, 0.717) is 17.1 Å². The van der Waals surface area contributed by atoms with Crippen molar-refractivity contribution in [3.05, 3.63) is 63.4 Å². The van der Waals surface area contributed by atoms with Gasteiger partial charge in [0.05, 0.1) is 6.54 Å². The molecule has 2 amide bonds. The van der Waals surface area contributed by atoms with E-state index in [0.717, 1.165) is 33.5 Å². The minimum atomic E-state index is -0.260. The fourth-order valence-corrected chi connectivity index (χ4v) is 3.71. The molecule has 0 unspecified atom stereocenters. The van der Waals surface area contributed by atoms with Crippen LogP contribution in [-0.2, 0) is 16.1 Å². The quantitative estimate of drug-likeness (QED) is 0.488. The summed E-state index contributed by atoms with van der Waals surface area (Å²) in [5, 5.41) is 12.6. The lowest BCUT2D eigenvalue weighted by Gasteiger charge is -2.13. The van der Waals surface area contributed by atoms with Crippen molar-refractivity contribution in [1.82, 2.24) is 20.1 Å². The smallest absolute Gasteiger partial charge is 0.243 e. The summed E-state index contributed by atoms with van der Waals surface area (Å²) in [6, 6.07) is 12.0. The van der Waals surface area contributed by atoms with Gasteiger partial charge >= 0.3 is 0 Å². The van der Waals surface area contributed by atoms with Crippen molar-refractivity contribution >= 4 is 29.7 Å². The van der Waals surface area contributed by atoms with E-state index >= 15 is 0 Å². The minimum absolute atomic E-state index is 0.0901. The summed E-state index contributed by atoms with van der Waals surface area (Å²) in [5.41, 5.74) is 5.99. The summed E-state index contributed by atoms with van der Waals surface area (Å²) in [6.07, 6.45) is 0.183. The van der Waals surface area contributed by atoms with Gasteiger partial charge in [-0.05, 0) is 51.0 Å². The number of rotatable bonds is 7. The lowest BCUT2D eigenvalue weighted by Crippen LogP contribution is -2.33. The van der Waals surface area contributed by atoms with Crippen LogP contribution in [0.25, 0.3) is 11.4 Å². The van der Waals surface area contributed by atoms with Gasteiger partial charge in [0.1, 0.15) is 0 Å². The van der Waals surface area contributed by atoms with Crippen LogP contribution in [0, 0.1) is 32.5 Å². The number of aromatic amines is 1. The summed E-state index contributed by atoms with van der Waals surface area (Å²) in [5.74, 6) is 0.190. The molecule has 3 aromatic rings. The maximum absolute atomic E-state index is 12.3. The van der Waals surface area contributed by atoms with Crippen molar-refractivity contribution in [2.24, 2.45) is 0 Å². The Morgan fingerprint density at radius 3 is 2.29 bits per heavy atom. The molecule has 162 valence electrons. The first kappa shape index (κ1) is 22.4. The summed E-state index contributed by atoms with van der Waals surface area (Å²) in [6.45, 7) is 8.21. The maximum atomic E-state index is 12.3. The van der Waals surface area contributed by atoms with Crippen LogP contribution in [0.2, 0.25) is 0 Å². The molecule has 0 spiro atoms. The van der Waals surface area contributed by atoms with E-state index in [2.05, 4.69) is 20.8 Å². The van der Waals surface area contributed by atoms with Crippen molar-refractivity contribution < 1.29 is 9.59 Å². The second-order valence-corrected chi connectivity index (χ2v) is 8.11. The van der Waals surface area contributed by atoms with E-state index in [4.69, 9.17) is 12.2 Å². The van der Waals surface area contributed by atoms with Gasteiger partial charge in [-0.3, -0.25) is 19.3 Å². The van der Waals surface area contributed by atoms with E-state index in [-0.39, 0.29) is 24.8 Å². The number of carbonyl (C=O) groups is 2. The third-order valence-corrected chi connectivity index (χ3v) is 5.33. The number of benzene rings is 2. The Balaban J connectivity index is 1.56. The van der Waals surface area contributed by atoms with Gasteiger partial charge in [-0.25, -0.2) is 0 Å². The molecule has 1 heterocycles. The Hall–Kier alpha value is -3.26. The van der Waals surface area contributed by atoms with Crippen LogP contribution in [-0.4, -0.2) is 33.1 Å². The number of anilines is 1. The van der Waals surface area contributed by atoms with Crippen molar-refractivity contribution in [1.29, 1.82) is 0 Å². The number of carbonyl (C=O) groups excluding carboxylic acids is 2. The van der Waals surface area contributed by atoms with Crippen LogP contribution in [0.4, 0.5) is 5.69 Å². The molecule has 7 nitrogen and oxygen atoms in total. The Labute approximate surface area is 186 Å². The van der Waals surface area contributed by atoms with Crippen molar-refractivity contribution in [2.75, 3.05) is 11.9 Å². The van der Waals surface area contributed by atoms with Gasteiger partial charge in [0.15, 0.2) is 10.6 Å². The lowest BCUT2D eigenvalue weighted by molar-refractivity contribution is -0.124. The Bertz CT molecular complexity index is 1140. The summed E-state index contributed by atoms with van der Waals surface area (Å²) < 4.78 is 2.24. The Kier molecular flexibility index (Phi) is 7.02. The van der Waals surface area contributed by atoms with Gasteiger partial charge < -0.3 is 10.6 Å². The SMILES string of the molecule is Cc1ccc(-c2n[nH]c(=S)n2CCC(=O)NCC(=O)Nc2c(C)cc(C)cc2C)cc1. The molecule has 0 fully saturated rings. The molecular formula is C23H27N5O2S. The molecule has 0 aliphatic heterocycles. The summed E-state index contributed by atoms with van der Waals surface area (Å²) in [7, 11) is 0. The molecule has 0 saturated carbocycles. The molecule has 0 saturated heterocycles. The van der Waals surface area contributed by atoms with Gasteiger partial charge in [-0.15, -0.1) is 0 Å². The fraction of sp³-hybridized carbons (Fsp3) is 0.304. The average molecular weight is 438 g/mol. The van der Waals surface area contributed by atoms with Gasteiger partial charge in [-0.2, -0.15) is 5.10 Å². The third-order valence-electron chi connectivity index (χ3n) is 5.02. The van der Waals surface area contributed by atoms with Gasteiger partial charge in [0.25, 0.3) is 0 Å². The molecular weight excluding hydrogens is 410 g/mol. The Morgan fingerprint density at radius 1 is 1.00 bits per heavy atom. The first-order chi connectivity index (χ1) is 14.7. The fourth-order valence-electron chi connectivity index (χ4n) is 3.49. The molecule has 3 N–H and O–H groups in total. The highest BCUT2D eigenvalue weighted by Gasteiger charge is 2.13. The highest BCUT2D eigenvalue weighted by Crippen LogP contribution is 2.21. The van der Waals surface area contributed by atoms with E-state index < -0.39 is 0 Å². The highest BCUT2D eigenvalue weighted by atomic mass is 32.1. The van der Waals surface area contributed by atoms with Gasteiger partial charge in [-0.1, -0.05) is 47.5 Å². The van der Waals surface area contributed by atoms with Crippen LogP contribution in [0.15, 0.2) is 36.4 Å². The molecule has 2 aromatic carbocycles. The normalized spacial score (nSPS) is 10.7. The van der Waals surface area contributed by atoms with Crippen LogP contribution in [0.1, 0.15) is 28.7 Å². The zero-order valence-corrected chi connectivity index (χ0v) is 19.0. The maximum Gasteiger partial charge on any atom is 0.243 e. The van der Waals surface area contributed by atoms with E-state index in [1.54, 1.807) is 4.57 Å². The molecule has 1 aromatic heterocycles. The molecule has 0 aliphatic rings. The molecule has 31 heavy (non-hydrogen) atoms. The molecule has 0 radical (unpaired) electrons. The largest absolute Gasteiger partial charge is 0.347 e. The molecule has 8 heteroatoms. The zero-order chi connectivity index (χ0) is 22.5. The highest BCUT2D eigenvalue weighted by molar-refractivity contribution is 7.71. The number of hydrogen-bond donors (Lipinski definition) is 3. The predicted octanol–water partition coefficient (Wildman–Crippen LogP) is 3.99. The minimum Gasteiger partial charge on any atom is -0.347 e. The first-order valence-corrected chi connectivity index (χ1v) is 10.5. The van der Waals surface area contributed by atoms with Crippen molar-refractivity contribution in [3.63, 3.8) is 0 Å². The van der Waals surface area contributed by atoms with Crippen LogP contribution < -0.4 is 10.6 Å². The standard InChI is InChI=1S/C23H27N5O2S/c1-14-5-7-18(8-6-14)22-26-27-23(31)28(22)10-9-19(29)24-13-20(30)25-21-16(3)11-15(2)12-17(21)4/h5-8,11-12H,9-10,13H2,1-4H3,(H,24,29)(H,25,30)(H,27,31). The van der Waals surface area contributed by atoms with E-state index in [9.17, 15) is 9.59 Å². The molecule has 3 rings (SSSR count).